The van der Waals surface area contributed by atoms with E-state index >= 15 is 0 Å². The molecule has 0 aromatic carbocycles. The minimum atomic E-state index is -0.153. The maximum absolute atomic E-state index is 10.6. The van der Waals surface area contributed by atoms with Gasteiger partial charge in [0.25, 0.3) is 0 Å². The highest BCUT2D eigenvalue weighted by Gasteiger charge is 2.17. The van der Waals surface area contributed by atoms with E-state index in [0.717, 1.165) is 51.9 Å². The summed E-state index contributed by atoms with van der Waals surface area (Å²) in [6.45, 7) is 12.3. The quantitative estimate of drug-likeness (QED) is 0.815. The van der Waals surface area contributed by atoms with Crippen LogP contribution in [-0.4, -0.2) is 67.2 Å². The van der Waals surface area contributed by atoms with Crippen LogP contribution in [0, 0.1) is 5.92 Å². The van der Waals surface area contributed by atoms with Crippen LogP contribution in [0.15, 0.2) is 0 Å². The molecule has 2 heterocycles. The van der Waals surface area contributed by atoms with Crippen molar-refractivity contribution in [3.05, 3.63) is 0 Å². The standard InChI is InChI=1S/C8H16N2O.C6H13NO.2C2H6/c1-10-4-2-7(3-5-10)6-8(9)11;1-7-4-2-6(8)3-5-7;2*1-2/h7H,2-6H2,1H3,(H2,9,11);6,8H,2-5H2,1H3;2*1-2H3. The van der Waals surface area contributed by atoms with Crippen LogP contribution in [0.5, 0.6) is 0 Å². The van der Waals surface area contributed by atoms with Gasteiger partial charge in [0.05, 0.1) is 6.10 Å². The molecule has 1 amide bonds. The second kappa shape index (κ2) is 16.2. The van der Waals surface area contributed by atoms with Gasteiger partial charge in [-0.15, -0.1) is 0 Å². The molecule has 5 nitrogen and oxygen atoms in total. The fraction of sp³-hybridized carbons (Fsp3) is 0.944. The molecular formula is C18H41N3O2. The lowest BCUT2D eigenvalue weighted by molar-refractivity contribution is -0.119. The predicted molar refractivity (Wildman–Crippen MR) is 99.5 cm³/mol. The number of piperidine rings is 2. The first-order valence-electron chi connectivity index (χ1n) is 9.31. The number of carbonyl (C=O) groups excluding carboxylic acids is 1. The molecule has 0 spiro atoms. The monoisotopic (exact) mass is 331 g/mol. The van der Waals surface area contributed by atoms with Gasteiger partial charge in [0.15, 0.2) is 0 Å². The highest BCUT2D eigenvalue weighted by atomic mass is 16.3. The lowest BCUT2D eigenvalue weighted by atomic mass is 9.94. The van der Waals surface area contributed by atoms with E-state index in [0.29, 0.717) is 12.3 Å². The molecule has 0 bridgehead atoms. The number of primary amides is 1. The van der Waals surface area contributed by atoms with Gasteiger partial charge in [-0.25, -0.2) is 0 Å². The van der Waals surface area contributed by atoms with Gasteiger partial charge in [-0.05, 0) is 58.8 Å². The number of amides is 1. The zero-order chi connectivity index (χ0) is 18.3. The number of nitrogens with two attached hydrogens (primary N) is 1. The molecule has 0 unspecified atom stereocenters. The maximum atomic E-state index is 10.6. The Morgan fingerprint density at radius 3 is 1.57 bits per heavy atom. The molecule has 140 valence electrons. The first-order valence-corrected chi connectivity index (χ1v) is 9.31. The van der Waals surface area contributed by atoms with Gasteiger partial charge in [-0.3, -0.25) is 4.79 Å². The fourth-order valence-electron chi connectivity index (χ4n) is 2.55. The molecule has 5 heteroatoms. The van der Waals surface area contributed by atoms with E-state index in [4.69, 9.17) is 10.8 Å². The predicted octanol–water partition coefficient (Wildman–Crippen LogP) is 2.33. The maximum Gasteiger partial charge on any atom is 0.217 e. The summed E-state index contributed by atoms with van der Waals surface area (Å²) in [4.78, 5) is 15.1. The van der Waals surface area contributed by atoms with E-state index < -0.39 is 0 Å². The second-order valence-corrected chi connectivity index (χ2v) is 5.95. The van der Waals surface area contributed by atoms with Crippen LogP contribution in [0.1, 0.15) is 59.8 Å². The summed E-state index contributed by atoms with van der Waals surface area (Å²) in [7, 11) is 4.20. The smallest absolute Gasteiger partial charge is 0.217 e. The van der Waals surface area contributed by atoms with Crippen molar-refractivity contribution in [3.63, 3.8) is 0 Å². The molecule has 0 atom stereocenters. The second-order valence-electron chi connectivity index (χ2n) is 5.95. The molecule has 0 saturated carbocycles. The summed E-state index contributed by atoms with van der Waals surface area (Å²) in [5.41, 5.74) is 5.11. The number of nitrogens with zero attached hydrogens (tertiary/aromatic N) is 2. The van der Waals surface area contributed by atoms with Crippen molar-refractivity contribution < 1.29 is 9.90 Å². The van der Waals surface area contributed by atoms with Crippen molar-refractivity contribution in [1.29, 1.82) is 0 Å². The third-order valence-electron chi connectivity index (χ3n) is 4.02. The Morgan fingerprint density at radius 2 is 1.26 bits per heavy atom. The summed E-state index contributed by atoms with van der Waals surface area (Å²) >= 11 is 0. The third kappa shape index (κ3) is 14.7. The number of hydrogen-bond donors (Lipinski definition) is 2. The molecule has 2 aliphatic heterocycles. The molecule has 0 aliphatic carbocycles. The fourth-order valence-corrected chi connectivity index (χ4v) is 2.55. The molecular weight excluding hydrogens is 290 g/mol. The van der Waals surface area contributed by atoms with Gasteiger partial charge in [-0.1, -0.05) is 27.7 Å². The zero-order valence-electron chi connectivity index (χ0n) is 16.3. The van der Waals surface area contributed by atoms with E-state index in [-0.39, 0.29) is 12.0 Å². The van der Waals surface area contributed by atoms with E-state index in [2.05, 4.69) is 23.9 Å². The van der Waals surface area contributed by atoms with Crippen molar-refractivity contribution >= 4 is 5.91 Å². The molecule has 0 aromatic heterocycles. The normalized spacial score (nSPS) is 20.1. The van der Waals surface area contributed by atoms with Crippen molar-refractivity contribution in [2.75, 3.05) is 40.3 Å². The Bertz CT molecular complexity index is 249. The summed E-state index contributed by atoms with van der Waals surface area (Å²) < 4.78 is 0. The van der Waals surface area contributed by atoms with Crippen LogP contribution < -0.4 is 5.73 Å². The Hall–Kier alpha value is -0.650. The molecule has 2 fully saturated rings. The minimum Gasteiger partial charge on any atom is -0.393 e. The molecule has 23 heavy (non-hydrogen) atoms. The Balaban J connectivity index is 0. The number of carbonyl (C=O) groups is 1. The summed E-state index contributed by atoms with van der Waals surface area (Å²) in [6, 6.07) is 0. The number of aliphatic hydroxyl groups is 1. The van der Waals surface area contributed by atoms with Crippen LogP contribution >= 0.6 is 0 Å². The van der Waals surface area contributed by atoms with Crippen molar-refractivity contribution in [2.24, 2.45) is 11.7 Å². The van der Waals surface area contributed by atoms with E-state index in [1.165, 1.54) is 0 Å². The number of rotatable bonds is 2. The zero-order valence-corrected chi connectivity index (χ0v) is 16.3. The van der Waals surface area contributed by atoms with Gasteiger partial charge < -0.3 is 20.6 Å². The summed E-state index contributed by atoms with van der Waals surface area (Å²) in [5.74, 6) is 0.392. The summed E-state index contributed by atoms with van der Waals surface area (Å²) in [6.07, 6.45) is 4.71. The Labute approximate surface area is 144 Å². The summed E-state index contributed by atoms with van der Waals surface area (Å²) in [5, 5.41) is 9.00. The van der Waals surface area contributed by atoms with Gasteiger partial charge in [0, 0.05) is 19.5 Å². The lowest BCUT2D eigenvalue weighted by Crippen LogP contribution is -2.32. The van der Waals surface area contributed by atoms with Gasteiger partial charge >= 0.3 is 0 Å². The first kappa shape index (κ1) is 24.6. The van der Waals surface area contributed by atoms with Crippen molar-refractivity contribution in [2.45, 2.75) is 65.9 Å². The van der Waals surface area contributed by atoms with E-state index in [1.807, 2.05) is 27.7 Å². The average Bonchev–Trinajstić information content (AvgIpc) is 2.56. The molecule has 3 N–H and O–H groups in total. The van der Waals surface area contributed by atoms with Crippen LogP contribution in [0.4, 0.5) is 0 Å². The van der Waals surface area contributed by atoms with Crippen LogP contribution in [0.2, 0.25) is 0 Å². The van der Waals surface area contributed by atoms with Gasteiger partial charge in [0.1, 0.15) is 0 Å². The topological polar surface area (TPSA) is 69.8 Å². The highest BCUT2D eigenvalue weighted by Crippen LogP contribution is 2.18. The molecule has 2 aliphatic rings. The van der Waals surface area contributed by atoms with Crippen LogP contribution in [0.3, 0.4) is 0 Å². The van der Waals surface area contributed by atoms with Gasteiger partial charge in [-0.2, -0.15) is 0 Å². The Morgan fingerprint density at radius 1 is 0.913 bits per heavy atom. The van der Waals surface area contributed by atoms with Crippen molar-refractivity contribution in [3.8, 4) is 0 Å². The molecule has 0 aromatic rings. The number of aliphatic hydroxyl groups excluding tert-OH is 1. The first-order chi connectivity index (χ1) is 11.0. The van der Waals surface area contributed by atoms with Crippen molar-refractivity contribution in [1.82, 2.24) is 9.80 Å². The lowest BCUT2D eigenvalue weighted by Gasteiger charge is -2.27. The number of hydrogen-bond acceptors (Lipinski definition) is 4. The van der Waals surface area contributed by atoms with Gasteiger partial charge in [0.2, 0.25) is 5.91 Å². The average molecular weight is 332 g/mol. The highest BCUT2D eigenvalue weighted by molar-refractivity contribution is 5.73. The molecule has 2 saturated heterocycles. The molecule has 2 rings (SSSR count). The van der Waals surface area contributed by atoms with E-state index in [9.17, 15) is 4.79 Å². The Kier molecular flexibility index (Phi) is 17.3. The minimum absolute atomic E-state index is 0.0220. The van der Waals surface area contributed by atoms with Crippen LogP contribution in [-0.2, 0) is 4.79 Å². The van der Waals surface area contributed by atoms with Crippen LogP contribution in [0.25, 0.3) is 0 Å². The number of likely N-dealkylation sites (tertiary alicyclic amines) is 2. The largest absolute Gasteiger partial charge is 0.393 e. The van der Waals surface area contributed by atoms with E-state index in [1.54, 1.807) is 0 Å². The third-order valence-corrected chi connectivity index (χ3v) is 4.02. The SMILES string of the molecule is CC.CC.CN1CCC(CC(N)=O)CC1.CN1CCC(O)CC1. The molecule has 0 radical (unpaired) electrons.